The van der Waals surface area contributed by atoms with E-state index in [0.717, 1.165) is 0 Å². The van der Waals surface area contributed by atoms with Crippen molar-refractivity contribution in [1.29, 1.82) is 0 Å². The second kappa shape index (κ2) is 4.78. The fourth-order valence-corrected chi connectivity index (χ4v) is 1.52. The number of hydrogen-bond acceptors (Lipinski definition) is 3. The summed E-state index contributed by atoms with van der Waals surface area (Å²) in [5.74, 6) is 0.539. The molecule has 0 saturated carbocycles. The molecule has 2 heterocycles. The van der Waals surface area contributed by atoms with E-state index in [0.29, 0.717) is 11.4 Å². The highest BCUT2D eigenvalue weighted by atomic mass is 16.1. The Kier molecular flexibility index (Phi) is 3.18. The van der Waals surface area contributed by atoms with Gasteiger partial charge in [-0.25, -0.2) is 4.68 Å². The van der Waals surface area contributed by atoms with Gasteiger partial charge in [0.2, 0.25) is 0 Å². The largest absolute Gasteiger partial charge is 0.307 e. The van der Waals surface area contributed by atoms with Crippen LogP contribution >= 0.6 is 0 Å². The first-order valence-electron chi connectivity index (χ1n) is 5.43. The minimum atomic E-state index is -0.158. The Balaban J connectivity index is 2.16. The Morgan fingerprint density at radius 3 is 2.59 bits per heavy atom. The number of nitrogens with one attached hydrogen (secondary N) is 1. The molecule has 88 valence electrons. The Morgan fingerprint density at radius 2 is 1.94 bits per heavy atom. The summed E-state index contributed by atoms with van der Waals surface area (Å²) in [5.41, 5.74) is 0.580. The summed E-state index contributed by atoms with van der Waals surface area (Å²) in [4.78, 5) is 15.8. The second-order valence-electron chi connectivity index (χ2n) is 3.94. The maximum Gasteiger partial charge on any atom is 0.256 e. The molecule has 5 nitrogen and oxygen atoms in total. The molecule has 17 heavy (non-hydrogen) atoms. The molecular weight excluding hydrogens is 216 g/mol. The Hall–Kier alpha value is -2.17. The molecule has 0 aromatic carbocycles. The predicted octanol–water partition coefficient (Wildman–Crippen LogP) is 2.11. The van der Waals surface area contributed by atoms with Gasteiger partial charge in [0.1, 0.15) is 5.82 Å². The van der Waals surface area contributed by atoms with Crippen LogP contribution < -0.4 is 5.32 Å². The lowest BCUT2D eigenvalue weighted by atomic mass is 10.2. The normalized spacial score (nSPS) is 10.5. The Morgan fingerprint density at radius 1 is 1.24 bits per heavy atom. The maximum atomic E-state index is 11.9. The van der Waals surface area contributed by atoms with Crippen molar-refractivity contribution in [2.45, 2.75) is 19.9 Å². The van der Waals surface area contributed by atoms with E-state index < -0.39 is 0 Å². The highest BCUT2D eigenvalue weighted by Gasteiger charge is 2.10. The number of pyridine rings is 1. The Labute approximate surface area is 99.5 Å². The first-order valence-corrected chi connectivity index (χ1v) is 5.43. The van der Waals surface area contributed by atoms with Crippen LogP contribution in [-0.2, 0) is 0 Å². The lowest BCUT2D eigenvalue weighted by molar-refractivity contribution is 0.102. The molecule has 0 spiro atoms. The summed E-state index contributed by atoms with van der Waals surface area (Å²) in [7, 11) is 0. The first-order chi connectivity index (χ1) is 8.18. The molecule has 0 saturated heterocycles. The molecule has 1 N–H and O–H groups in total. The number of carbonyl (C=O) groups is 1. The van der Waals surface area contributed by atoms with E-state index in [1.165, 1.54) is 0 Å². The molecule has 0 aliphatic carbocycles. The van der Waals surface area contributed by atoms with Gasteiger partial charge in [-0.3, -0.25) is 9.78 Å². The fraction of sp³-hybridized carbons (Fsp3) is 0.250. The van der Waals surface area contributed by atoms with Gasteiger partial charge < -0.3 is 5.32 Å². The van der Waals surface area contributed by atoms with E-state index in [9.17, 15) is 4.79 Å². The summed E-state index contributed by atoms with van der Waals surface area (Å²) >= 11 is 0. The van der Waals surface area contributed by atoms with Crippen molar-refractivity contribution in [2.24, 2.45) is 0 Å². The number of amides is 1. The fourth-order valence-electron chi connectivity index (χ4n) is 1.52. The van der Waals surface area contributed by atoms with Crippen LogP contribution in [0.15, 0.2) is 36.8 Å². The monoisotopic (exact) mass is 230 g/mol. The first kappa shape index (κ1) is 11.3. The van der Waals surface area contributed by atoms with E-state index in [2.05, 4.69) is 15.4 Å². The van der Waals surface area contributed by atoms with Crippen LogP contribution in [0.4, 0.5) is 5.82 Å². The third kappa shape index (κ3) is 2.50. The van der Waals surface area contributed by atoms with Crippen molar-refractivity contribution in [3.63, 3.8) is 0 Å². The van der Waals surface area contributed by atoms with Crippen molar-refractivity contribution in [1.82, 2.24) is 14.8 Å². The summed E-state index contributed by atoms with van der Waals surface area (Å²) in [6, 6.07) is 5.33. The van der Waals surface area contributed by atoms with Gasteiger partial charge in [-0.05, 0) is 26.0 Å². The molecule has 0 aliphatic heterocycles. The summed E-state index contributed by atoms with van der Waals surface area (Å²) < 4.78 is 1.76. The molecule has 0 fully saturated rings. The van der Waals surface area contributed by atoms with Gasteiger partial charge in [0.15, 0.2) is 0 Å². The third-order valence-corrected chi connectivity index (χ3v) is 2.34. The van der Waals surface area contributed by atoms with E-state index in [-0.39, 0.29) is 11.9 Å². The molecule has 2 aromatic rings. The molecule has 1 amide bonds. The van der Waals surface area contributed by atoms with Gasteiger partial charge in [0, 0.05) is 30.1 Å². The van der Waals surface area contributed by atoms with Crippen molar-refractivity contribution in [3.05, 3.63) is 42.4 Å². The lowest BCUT2D eigenvalue weighted by Crippen LogP contribution is -2.16. The molecule has 2 aromatic heterocycles. The number of rotatable bonds is 3. The van der Waals surface area contributed by atoms with Gasteiger partial charge in [0.05, 0.1) is 6.20 Å². The molecule has 0 aliphatic rings. The van der Waals surface area contributed by atoms with Crippen LogP contribution in [0.1, 0.15) is 30.2 Å². The highest BCUT2D eigenvalue weighted by molar-refractivity contribution is 6.03. The van der Waals surface area contributed by atoms with Gasteiger partial charge in [-0.2, -0.15) is 5.10 Å². The van der Waals surface area contributed by atoms with Gasteiger partial charge in [0.25, 0.3) is 5.91 Å². The van der Waals surface area contributed by atoms with Crippen molar-refractivity contribution < 1.29 is 4.79 Å². The number of hydrogen-bond donors (Lipinski definition) is 1. The highest BCUT2D eigenvalue weighted by Crippen LogP contribution is 2.14. The van der Waals surface area contributed by atoms with Crippen LogP contribution in [0.5, 0.6) is 0 Å². The minimum absolute atomic E-state index is 0.158. The van der Waals surface area contributed by atoms with Gasteiger partial charge >= 0.3 is 0 Å². The SMILES string of the molecule is CC(C)n1nccc1NC(=O)c1ccncc1. The van der Waals surface area contributed by atoms with Crippen LogP contribution in [0, 0.1) is 0 Å². The smallest absolute Gasteiger partial charge is 0.256 e. The van der Waals surface area contributed by atoms with Crippen molar-refractivity contribution >= 4 is 11.7 Å². The van der Waals surface area contributed by atoms with Gasteiger partial charge in [-0.15, -0.1) is 0 Å². The average Bonchev–Trinajstić information content (AvgIpc) is 2.78. The number of anilines is 1. The topological polar surface area (TPSA) is 59.8 Å². The van der Waals surface area contributed by atoms with E-state index in [4.69, 9.17) is 0 Å². The van der Waals surface area contributed by atoms with Crippen LogP contribution in [0.2, 0.25) is 0 Å². The molecular formula is C12H14N4O. The lowest BCUT2D eigenvalue weighted by Gasteiger charge is -2.11. The third-order valence-electron chi connectivity index (χ3n) is 2.34. The molecule has 0 unspecified atom stereocenters. The molecule has 5 heteroatoms. The van der Waals surface area contributed by atoms with Crippen molar-refractivity contribution in [2.75, 3.05) is 5.32 Å². The van der Waals surface area contributed by atoms with Gasteiger partial charge in [-0.1, -0.05) is 0 Å². The maximum absolute atomic E-state index is 11.9. The summed E-state index contributed by atoms with van der Waals surface area (Å²) in [6.45, 7) is 4.02. The van der Waals surface area contributed by atoms with E-state index in [1.54, 1.807) is 41.5 Å². The summed E-state index contributed by atoms with van der Waals surface area (Å²) in [6.07, 6.45) is 4.85. The molecule has 0 atom stereocenters. The van der Waals surface area contributed by atoms with Crippen LogP contribution in [-0.4, -0.2) is 20.7 Å². The average molecular weight is 230 g/mol. The standard InChI is InChI=1S/C12H14N4O/c1-9(2)16-11(5-8-14-16)15-12(17)10-3-6-13-7-4-10/h3-9H,1-2H3,(H,15,17). The molecule has 0 bridgehead atoms. The number of aromatic nitrogens is 3. The quantitative estimate of drug-likeness (QED) is 0.878. The number of nitrogens with zero attached hydrogens (tertiary/aromatic N) is 3. The number of carbonyl (C=O) groups excluding carboxylic acids is 1. The van der Waals surface area contributed by atoms with E-state index in [1.807, 2.05) is 13.8 Å². The van der Waals surface area contributed by atoms with Crippen LogP contribution in [0.25, 0.3) is 0 Å². The zero-order chi connectivity index (χ0) is 12.3. The Bertz CT molecular complexity index is 504. The van der Waals surface area contributed by atoms with Crippen LogP contribution in [0.3, 0.4) is 0 Å². The zero-order valence-electron chi connectivity index (χ0n) is 9.79. The van der Waals surface area contributed by atoms with Crippen molar-refractivity contribution in [3.8, 4) is 0 Å². The summed E-state index contributed by atoms with van der Waals surface area (Å²) in [5, 5.41) is 6.97. The predicted molar refractivity (Wildman–Crippen MR) is 64.8 cm³/mol. The second-order valence-corrected chi connectivity index (χ2v) is 3.94. The molecule has 2 rings (SSSR count). The molecule has 0 radical (unpaired) electrons. The zero-order valence-corrected chi connectivity index (χ0v) is 9.79. The minimum Gasteiger partial charge on any atom is -0.307 e. The van der Waals surface area contributed by atoms with E-state index >= 15 is 0 Å².